The Morgan fingerprint density at radius 1 is 1.22 bits per heavy atom. The van der Waals surface area contributed by atoms with Crippen LogP contribution in [0.25, 0.3) is 0 Å². The van der Waals surface area contributed by atoms with E-state index in [1.165, 1.54) is 11.8 Å². The van der Waals surface area contributed by atoms with Gasteiger partial charge in [-0.25, -0.2) is 0 Å². The summed E-state index contributed by atoms with van der Waals surface area (Å²) >= 11 is 1.46. The number of hydrogen-bond donors (Lipinski definition) is 2. The van der Waals surface area contributed by atoms with E-state index in [0.717, 1.165) is 0 Å². The molecule has 0 aromatic heterocycles. The maximum absolute atomic E-state index is 11.3. The standard InChI is InChI=1S/C12H16N2O3S/c1-13-11(15)7-17-10-5-3-9(4-6-10)14-12(16)8-18-2/h3-6H,7-8H2,1-2H3,(H,13,15)(H,14,16). The maximum Gasteiger partial charge on any atom is 0.257 e. The topological polar surface area (TPSA) is 67.4 Å². The fraction of sp³-hybridized carbons (Fsp3) is 0.333. The molecule has 0 heterocycles. The fourth-order valence-electron chi connectivity index (χ4n) is 1.18. The van der Waals surface area contributed by atoms with Gasteiger partial charge in [0, 0.05) is 12.7 Å². The lowest BCUT2D eigenvalue weighted by molar-refractivity contribution is -0.122. The number of nitrogens with one attached hydrogen (secondary N) is 2. The number of likely N-dealkylation sites (N-methyl/N-ethyl adjacent to an activating group) is 1. The van der Waals surface area contributed by atoms with Crippen molar-refractivity contribution in [1.82, 2.24) is 5.32 Å². The minimum Gasteiger partial charge on any atom is -0.484 e. The molecule has 1 aromatic carbocycles. The van der Waals surface area contributed by atoms with Gasteiger partial charge in [0.15, 0.2) is 6.61 Å². The molecule has 0 aliphatic heterocycles. The van der Waals surface area contributed by atoms with Crippen LogP contribution in [0.15, 0.2) is 24.3 Å². The Labute approximate surface area is 110 Å². The van der Waals surface area contributed by atoms with Crippen LogP contribution in [0.2, 0.25) is 0 Å². The number of benzene rings is 1. The summed E-state index contributed by atoms with van der Waals surface area (Å²) in [7, 11) is 1.55. The molecule has 0 bridgehead atoms. The quantitative estimate of drug-likeness (QED) is 0.811. The summed E-state index contributed by atoms with van der Waals surface area (Å²) in [6.45, 7) is -0.0192. The first-order valence-electron chi connectivity index (χ1n) is 5.38. The van der Waals surface area contributed by atoms with Crippen LogP contribution in [0, 0.1) is 0 Å². The Morgan fingerprint density at radius 2 is 1.89 bits per heavy atom. The number of hydrogen-bond acceptors (Lipinski definition) is 4. The van der Waals surface area contributed by atoms with E-state index in [1.54, 1.807) is 31.3 Å². The van der Waals surface area contributed by atoms with E-state index in [4.69, 9.17) is 4.74 Å². The highest BCUT2D eigenvalue weighted by atomic mass is 32.2. The number of carbonyl (C=O) groups is 2. The molecule has 0 fully saturated rings. The van der Waals surface area contributed by atoms with Crippen LogP contribution in [0.4, 0.5) is 5.69 Å². The Balaban J connectivity index is 2.47. The summed E-state index contributed by atoms with van der Waals surface area (Å²) in [6, 6.07) is 6.88. The molecule has 6 heteroatoms. The molecular formula is C12H16N2O3S. The summed E-state index contributed by atoms with van der Waals surface area (Å²) in [4.78, 5) is 22.3. The Bertz CT molecular complexity index is 406. The molecule has 0 unspecified atom stereocenters. The number of carbonyl (C=O) groups excluding carboxylic acids is 2. The average molecular weight is 268 g/mol. The van der Waals surface area contributed by atoms with Crippen molar-refractivity contribution in [3.8, 4) is 5.75 Å². The van der Waals surface area contributed by atoms with E-state index >= 15 is 0 Å². The van der Waals surface area contributed by atoms with E-state index in [2.05, 4.69) is 10.6 Å². The second kappa shape index (κ2) is 7.60. The average Bonchev–Trinajstić information content (AvgIpc) is 2.37. The highest BCUT2D eigenvalue weighted by Crippen LogP contribution is 2.15. The number of amides is 2. The van der Waals surface area contributed by atoms with Crippen LogP contribution in [-0.4, -0.2) is 37.5 Å². The summed E-state index contributed by atoms with van der Waals surface area (Å²) in [6.07, 6.45) is 1.87. The van der Waals surface area contributed by atoms with Crippen LogP contribution in [0.3, 0.4) is 0 Å². The summed E-state index contributed by atoms with van der Waals surface area (Å²) in [5.74, 6) is 0.782. The zero-order valence-corrected chi connectivity index (χ0v) is 11.2. The van der Waals surface area contributed by atoms with Gasteiger partial charge in [-0.05, 0) is 30.5 Å². The van der Waals surface area contributed by atoms with Gasteiger partial charge in [0.2, 0.25) is 5.91 Å². The lowest BCUT2D eigenvalue weighted by Crippen LogP contribution is -2.24. The molecule has 0 saturated heterocycles. The van der Waals surface area contributed by atoms with Gasteiger partial charge >= 0.3 is 0 Å². The molecule has 0 aliphatic carbocycles. The fourth-order valence-corrected chi connectivity index (χ4v) is 1.52. The molecule has 1 aromatic rings. The van der Waals surface area contributed by atoms with Crippen LogP contribution in [-0.2, 0) is 9.59 Å². The lowest BCUT2D eigenvalue weighted by Gasteiger charge is -2.07. The number of anilines is 1. The number of ether oxygens (including phenoxy) is 1. The predicted molar refractivity (Wildman–Crippen MR) is 73.0 cm³/mol. The molecule has 2 amide bonds. The van der Waals surface area contributed by atoms with Gasteiger partial charge < -0.3 is 15.4 Å². The molecule has 18 heavy (non-hydrogen) atoms. The predicted octanol–water partition coefficient (Wildman–Crippen LogP) is 1.11. The minimum absolute atomic E-state index is 0.0192. The lowest BCUT2D eigenvalue weighted by atomic mass is 10.3. The second-order valence-electron chi connectivity index (χ2n) is 3.47. The van der Waals surface area contributed by atoms with Gasteiger partial charge in [0.05, 0.1) is 5.75 Å². The van der Waals surface area contributed by atoms with E-state index in [9.17, 15) is 9.59 Å². The Kier molecular flexibility index (Phi) is 6.07. The van der Waals surface area contributed by atoms with Gasteiger partial charge in [-0.15, -0.1) is 0 Å². The minimum atomic E-state index is -0.188. The van der Waals surface area contributed by atoms with Crippen LogP contribution in [0.5, 0.6) is 5.75 Å². The van der Waals surface area contributed by atoms with Gasteiger partial charge in [-0.2, -0.15) is 11.8 Å². The molecule has 5 nitrogen and oxygen atoms in total. The normalized spacial score (nSPS) is 9.67. The second-order valence-corrected chi connectivity index (χ2v) is 4.33. The SMILES string of the molecule is CNC(=O)COc1ccc(NC(=O)CSC)cc1. The third-order valence-electron chi connectivity index (χ3n) is 2.06. The van der Waals surface area contributed by atoms with E-state index in [0.29, 0.717) is 17.2 Å². The first-order chi connectivity index (χ1) is 8.65. The van der Waals surface area contributed by atoms with Gasteiger partial charge in [-0.1, -0.05) is 0 Å². The van der Waals surface area contributed by atoms with E-state index in [1.807, 2.05) is 6.26 Å². The Morgan fingerprint density at radius 3 is 2.44 bits per heavy atom. The molecule has 98 valence electrons. The molecule has 0 aliphatic rings. The monoisotopic (exact) mass is 268 g/mol. The maximum atomic E-state index is 11.3. The number of thioether (sulfide) groups is 1. The molecule has 0 radical (unpaired) electrons. The first kappa shape index (κ1) is 14.4. The molecule has 0 spiro atoms. The van der Waals surface area contributed by atoms with Crippen LogP contribution in [0.1, 0.15) is 0 Å². The van der Waals surface area contributed by atoms with E-state index < -0.39 is 0 Å². The molecule has 0 saturated carbocycles. The van der Waals surface area contributed by atoms with Crippen molar-refractivity contribution in [3.63, 3.8) is 0 Å². The summed E-state index contributed by atoms with van der Waals surface area (Å²) < 4.78 is 5.24. The first-order valence-corrected chi connectivity index (χ1v) is 6.77. The van der Waals surface area contributed by atoms with Crippen molar-refractivity contribution in [2.24, 2.45) is 0 Å². The van der Waals surface area contributed by atoms with Gasteiger partial charge in [0.25, 0.3) is 5.91 Å². The van der Waals surface area contributed by atoms with Gasteiger partial charge in [0.1, 0.15) is 5.75 Å². The largest absolute Gasteiger partial charge is 0.484 e. The molecular weight excluding hydrogens is 252 g/mol. The zero-order valence-electron chi connectivity index (χ0n) is 10.4. The van der Waals surface area contributed by atoms with Crippen molar-refractivity contribution in [3.05, 3.63) is 24.3 Å². The van der Waals surface area contributed by atoms with Gasteiger partial charge in [-0.3, -0.25) is 9.59 Å². The van der Waals surface area contributed by atoms with Crippen molar-refractivity contribution < 1.29 is 14.3 Å². The molecule has 2 N–H and O–H groups in total. The molecule has 0 atom stereocenters. The van der Waals surface area contributed by atoms with Crippen LogP contribution < -0.4 is 15.4 Å². The highest BCUT2D eigenvalue weighted by Gasteiger charge is 2.02. The number of rotatable bonds is 6. The molecule has 1 rings (SSSR count). The third-order valence-corrected chi connectivity index (χ3v) is 2.61. The van der Waals surface area contributed by atoms with Crippen molar-refractivity contribution in [2.75, 3.05) is 31.0 Å². The third kappa shape index (κ3) is 5.09. The van der Waals surface area contributed by atoms with Crippen molar-refractivity contribution in [1.29, 1.82) is 0 Å². The van der Waals surface area contributed by atoms with Crippen molar-refractivity contribution in [2.45, 2.75) is 0 Å². The van der Waals surface area contributed by atoms with Crippen molar-refractivity contribution >= 4 is 29.3 Å². The highest BCUT2D eigenvalue weighted by molar-refractivity contribution is 7.99. The smallest absolute Gasteiger partial charge is 0.257 e. The van der Waals surface area contributed by atoms with Crippen LogP contribution >= 0.6 is 11.8 Å². The summed E-state index contributed by atoms with van der Waals surface area (Å²) in [5.41, 5.74) is 0.710. The zero-order chi connectivity index (χ0) is 13.4. The summed E-state index contributed by atoms with van der Waals surface area (Å²) in [5, 5.41) is 5.21. The Hall–Kier alpha value is -1.69. The van der Waals surface area contributed by atoms with E-state index in [-0.39, 0.29) is 18.4 Å².